The molecule has 0 saturated carbocycles. The molecule has 2 atom stereocenters. The summed E-state index contributed by atoms with van der Waals surface area (Å²) in [5.41, 5.74) is 6.10. The number of nitrogens with one attached hydrogen (secondary N) is 1. The summed E-state index contributed by atoms with van der Waals surface area (Å²) in [5.74, 6) is -2.51. The number of rotatable bonds is 4. The van der Waals surface area contributed by atoms with Gasteiger partial charge in [-0.05, 0) is 42.5 Å². The summed E-state index contributed by atoms with van der Waals surface area (Å²) in [4.78, 5) is 46.7. The molecule has 0 radical (unpaired) electrons. The zero-order chi connectivity index (χ0) is 26.2. The Hall–Kier alpha value is -3.74. The summed E-state index contributed by atoms with van der Waals surface area (Å²) in [6.45, 7) is 2.23. The number of pyridine rings is 1. The molecule has 9 nitrogen and oxygen atoms in total. The number of likely N-dealkylation sites (tertiary alicyclic amines) is 1. The van der Waals surface area contributed by atoms with Crippen LogP contribution in [0.15, 0.2) is 30.5 Å². The molecule has 190 valence electrons. The third kappa shape index (κ3) is 5.10. The number of anilines is 1. The first kappa shape index (κ1) is 25.4. The zero-order valence-electron chi connectivity index (χ0n) is 19.3. The van der Waals surface area contributed by atoms with Gasteiger partial charge in [-0.1, -0.05) is 13.0 Å². The summed E-state index contributed by atoms with van der Waals surface area (Å²) >= 11 is 0.550. The Morgan fingerprint density at radius 3 is 2.64 bits per heavy atom. The van der Waals surface area contributed by atoms with Crippen LogP contribution in [0.2, 0.25) is 0 Å². The van der Waals surface area contributed by atoms with Gasteiger partial charge in [0.2, 0.25) is 5.88 Å². The highest BCUT2D eigenvalue weighted by molar-refractivity contribution is 7.18. The van der Waals surface area contributed by atoms with E-state index in [9.17, 15) is 27.6 Å². The van der Waals surface area contributed by atoms with Crippen molar-refractivity contribution in [3.63, 3.8) is 0 Å². The lowest BCUT2D eigenvalue weighted by atomic mass is 9.89. The van der Waals surface area contributed by atoms with E-state index < -0.39 is 34.9 Å². The largest absolute Gasteiger partial charge is 0.480 e. The van der Waals surface area contributed by atoms with Gasteiger partial charge in [0, 0.05) is 6.54 Å². The Morgan fingerprint density at radius 1 is 1.22 bits per heavy atom. The van der Waals surface area contributed by atoms with E-state index in [0.717, 1.165) is 6.42 Å². The van der Waals surface area contributed by atoms with E-state index in [0.29, 0.717) is 28.0 Å². The van der Waals surface area contributed by atoms with Crippen molar-refractivity contribution >= 4 is 45.0 Å². The molecule has 1 saturated heterocycles. The summed E-state index contributed by atoms with van der Waals surface area (Å²) in [6, 6.07) is 5.48. The molecule has 1 aliphatic heterocycles. The van der Waals surface area contributed by atoms with Crippen molar-refractivity contribution < 1.29 is 32.3 Å². The maximum absolute atomic E-state index is 13.2. The number of halogens is 3. The molecule has 0 unspecified atom stereocenters. The second-order valence-electron chi connectivity index (χ2n) is 8.50. The van der Waals surface area contributed by atoms with Crippen molar-refractivity contribution in [2.75, 3.05) is 19.0 Å². The van der Waals surface area contributed by atoms with E-state index in [1.165, 1.54) is 30.3 Å². The minimum atomic E-state index is -4.55. The molecule has 3 N–H and O–H groups in total. The van der Waals surface area contributed by atoms with Crippen molar-refractivity contribution in [1.29, 1.82) is 0 Å². The third-order valence-electron chi connectivity index (χ3n) is 5.88. The summed E-state index contributed by atoms with van der Waals surface area (Å²) in [7, 11) is 1.31. The summed E-state index contributed by atoms with van der Waals surface area (Å²) in [5, 5.41) is 1.49. The SMILES string of the molecule is COc1ncc(NC(=O)C(=O)N2C[C@H](C)CC[C@H]2c2ccc3sc(C(F)(F)F)nc3c2)cc1C(N)=O. The van der Waals surface area contributed by atoms with E-state index in [-0.39, 0.29) is 35.1 Å². The number of ether oxygens (including phenoxy) is 1. The number of carbonyl (C=O) groups is 3. The van der Waals surface area contributed by atoms with Crippen molar-refractivity contribution in [1.82, 2.24) is 14.9 Å². The standard InChI is InChI=1S/C23H22F3N5O4S/c1-11-3-5-16(12-4-6-17-15(7-12)30-22(36-17)23(24,25)26)31(10-11)21(34)19(33)29-13-8-14(18(27)32)20(35-2)28-9-13/h4,6-9,11,16H,3,5,10H2,1-2H3,(H2,27,32)(H,29,33)/t11-,16+/m1/s1. The van der Waals surface area contributed by atoms with Crippen LogP contribution in [0.4, 0.5) is 18.9 Å². The molecule has 1 fully saturated rings. The fourth-order valence-corrected chi connectivity index (χ4v) is 4.98. The van der Waals surface area contributed by atoms with E-state index in [1.54, 1.807) is 12.1 Å². The highest BCUT2D eigenvalue weighted by Gasteiger charge is 2.36. The van der Waals surface area contributed by atoms with Crippen LogP contribution in [0, 0.1) is 5.92 Å². The normalized spacial score (nSPS) is 18.2. The number of alkyl halides is 3. The first-order chi connectivity index (χ1) is 17.0. The van der Waals surface area contributed by atoms with Crippen LogP contribution in [0.1, 0.15) is 46.7 Å². The van der Waals surface area contributed by atoms with E-state index >= 15 is 0 Å². The van der Waals surface area contributed by atoms with Gasteiger partial charge in [-0.25, -0.2) is 9.97 Å². The number of nitrogens with two attached hydrogens (primary N) is 1. The van der Waals surface area contributed by atoms with Gasteiger partial charge in [-0.3, -0.25) is 14.4 Å². The van der Waals surface area contributed by atoms with Crippen LogP contribution in [0.25, 0.3) is 10.2 Å². The first-order valence-electron chi connectivity index (χ1n) is 10.9. The number of primary amides is 1. The van der Waals surface area contributed by atoms with E-state index in [1.807, 2.05) is 6.92 Å². The maximum Gasteiger partial charge on any atom is 0.443 e. The molecule has 36 heavy (non-hydrogen) atoms. The van der Waals surface area contributed by atoms with Gasteiger partial charge in [-0.2, -0.15) is 13.2 Å². The van der Waals surface area contributed by atoms with Crippen molar-refractivity contribution in [2.24, 2.45) is 11.7 Å². The van der Waals surface area contributed by atoms with Crippen molar-refractivity contribution in [3.8, 4) is 5.88 Å². The van der Waals surface area contributed by atoms with Gasteiger partial charge in [-0.15, -0.1) is 11.3 Å². The Morgan fingerprint density at radius 2 is 1.97 bits per heavy atom. The number of amides is 3. The average molecular weight is 522 g/mol. The molecule has 1 aliphatic rings. The Balaban J connectivity index is 1.59. The second kappa shape index (κ2) is 9.72. The lowest BCUT2D eigenvalue weighted by Crippen LogP contribution is -2.46. The first-order valence-corrected chi connectivity index (χ1v) is 11.7. The molecule has 3 aromatic rings. The van der Waals surface area contributed by atoms with Gasteiger partial charge < -0.3 is 20.7 Å². The Bertz CT molecular complexity index is 1340. The molecular weight excluding hydrogens is 499 g/mol. The molecule has 0 aliphatic carbocycles. The quantitative estimate of drug-likeness (QED) is 0.504. The maximum atomic E-state index is 13.2. The minimum absolute atomic E-state index is 0.0251. The van der Waals surface area contributed by atoms with Crippen LogP contribution >= 0.6 is 11.3 Å². The topological polar surface area (TPSA) is 128 Å². The number of hydrogen-bond acceptors (Lipinski definition) is 7. The molecule has 13 heteroatoms. The summed E-state index contributed by atoms with van der Waals surface area (Å²) < 4.78 is 44.6. The van der Waals surface area contributed by atoms with Crippen molar-refractivity contribution in [2.45, 2.75) is 32.0 Å². The van der Waals surface area contributed by atoms with Crippen LogP contribution in [-0.4, -0.2) is 46.2 Å². The number of fused-ring (bicyclic) bond motifs is 1. The zero-order valence-corrected chi connectivity index (χ0v) is 20.1. The van der Waals surface area contributed by atoms with Crippen LogP contribution in [-0.2, 0) is 15.8 Å². The van der Waals surface area contributed by atoms with Gasteiger partial charge in [0.05, 0.1) is 35.3 Å². The number of aromatic nitrogens is 2. The molecular formula is C23H22F3N5O4S. The number of methoxy groups -OCH3 is 1. The smallest absolute Gasteiger partial charge is 0.443 e. The van der Waals surface area contributed by atoms with Gasteiger partial charge >= 0.3 is 18.0 Å². The highest BCUT2D eigenvalue weighted by atomic mass is 32.1. The number of piperidine rings is 1. The predicted octanol–water partition coefficient (Wildman–Crippen LogP) is 3.76. The van der Waals surface area contributed by atoms with Gasteiger partial charge in [0.15, 0.2) is 5.01 Å². The molecule has 1 aromatic carbocycles. The minimum Gasteiger partial charge on any atom is -0.480 e. The van der Waals surface area contributed by atoms with Crippen LogP contribution in [0.5, 0.6) is 5.88 Å². The number of benzene rings is 1. The highest BCUT2D eigenvalue weighted by Crippen LogP contribution is 2.38. The molecule has 0 bridgehead atoms. The average Bonchev–Trinajstić information content (AvgIpc) is 3.27. The molecule has 4 rings (SSSR count). The fraction of sp³-hybridized carbons (Fsp3) is 0.348. The number of carbonyl (C=O) groups excluding carboxylic acids is 3. The summed E-state index contributed by atoms with van der Waals surface area (Å²) in [6.07, 6.45) is -2.03. The molecule has 3 heterocycles. The predicted molar refractivity (Wildman–Crippen MR) is 125 cm³/mol. The Kier molecular flexibility index (Phi) is 6.85. The monoisotopic (exact) mass is 521 g/mol. The number of hydrogen-bond donors (Lipinski definition) is 2. The van der Waals surface area contributed by atoms with Crippen molar-refractivity contribution in [3.05, 3.63) is 46.6 Å². The Labute approximate surface area is 207 Å². The number of thiazole rings is 1. The van der Waals surface area contributed by atoms with Gasteiger partial charge in [0.1, 0.15) is 5.56 Å². The second-order valence-corrected chi connectivity index (χ2v) is 9.53. The molecule has 3 amide bonds. The van der Waals surface area contributed by atoms with Crippen LogP contribution in [0.3, 0.4) is 0 Å². The van der Waals surface area contributed by atoms with Crippen LogP contribution < -0.4 is 15.8 Å². The molecule has 2 aromatic heterocycles. The van der Waals surface area contributed by atoms with E-state index in [2.05, 4.69) is 15.3 Å². The van der Waals surface area contributed by atoms with E-state index in [4.69, 9.17) is 10.5 Å². The molecule has 0 spiro atoms. The third-order valence-corrected chi connectivity index (χ3v) is 6.96. The fourth-order valence-electron chi connectivity index (χ4n) is 4.17. The number of nitrogens with zero attached hydrogens (tertiary/aromatic N) is 3. The lowest BCUT2D eigenvalue weighted by molar-refractivity contribution is -0.146. The lowest BCUT2D eigenvalue weighted by Gasteiger charge is -2.38. The van der Waals surface area contributed by atoms with Gasteiger partial charge in [0.25, 0.3) is 5.91 Å².